The number of para-hydroxylation sites is 1. The van der Waals surface area contributed by atoms with Gasteiger partial charge in [0.05, 0.1) is 25.8 Å². The summed E-state index contributed by atoms with van der Waals surface area (Å²) in [5, 5.41) is 0.604. The van der Waals surface area contributed by atoms with Gasteiger partial charge in [-0.25, -0.2) is 0 Å². The fourth-order valence-corrected chi connectivity index (χ4v) is 3.06. The lowest BCUT2D eigenvalue weighted by Crippen LogP contribution is -2.42. The maximum atomic E-state index is 13.0. The number of methoxy groups -OCH3 is 1. The van der Waals surface area contributed by atoms with Crippen LogP contribution in [-0.2, 0) is 4.74 Å². The van der Waals surface area contributed by atoms with Gasteiger partial charge in [-0.15, -0.1) is 0 Å². The van der Waals surface area contributed by atoms with Crippen LogP contribution >= 0.6 is 11.6 Å². The molecule has 27 heavy (non-hydrogen) atoms. The highest BCUT2D eigenvalue weighted by atomic mass is 35.5. The quantitative estimate of drug-likeness (QED) is 0.760. The van der Waals surface area contributed by atoms with Gasteiger partial charge in [0.15, 0.2) is 11.5 Å². The summed E-state index contributed by atoms with van der Waals surface area (Å²) >= 11 is 5.90. The van der Waals surface area contributed by atoms with E-state index in [1.54, 1.807) is 23.1 Å². The third-order valence-electron chi connectivity index (χ3n) is 4.23. The van der Waals surface area contributed by atoms with Crippen molar-refractivity contribution < 1.29 is 27.8 Å². The molecular formula is C19H18ClF2NO4. The maximum absolute atomic E-state index is 13.0. The van der Waals surface area contributed by atoms with Gasteiger partial charge in [-0.05, 0) is 29.8 Å². The minimum Gasteiger partial charge on any atom is -0.493 e. The lowest BCUT2D eigenvalue weighted by Gasteiger charge is -2.33. The molecule has 1 fully saturated rings. The average Bonchev–Trinajstić information content (AvgIpc) is 2.68. The number of amides is 1. The van der Waals surface area contributed by atoms with Gasteiger partial charge in [-0.2, -0.15) is 8.78 Å². The fraction of sp³-hybridized carbons (Fsp3) is 0.316. The Labute approximate surface area is 160 Å². The molecule has 1 atom stereocenters. The van der Waals surface area contributed by atoms with E-state index in [1.807, 2.05) is 12.1 Å². The van der Waals surface area contributed by atoms with Crippen LogP contribution in [0.3, 0.4) is 0 Å². The van der Waals surface area contributed by atoms with E-state index in [0.29, 0.717) is 18.2 Å². The molecule has 2 aromatic carbocycles. The highest BCUT2D eigenvalue weighted by Crippen LogP contribution is 2.34. The molecule has 0 spiro atoms. The topological polar surface area (TPSA) is 48.0 Å². The van der Waals surface area contributed by atoms with Crippen molar-refractivity contribution in [3.05, 3.63) is 58.6 Å². The van der Waals surface area contributed by atoms with Gasteiger partial charge in [0, 0.05) is 11.6 Å². The lowest BCUT2D eigenvalue weighted by atomic mass is 10.1. The Morgan fingerprint density at radius 1 is 1.26 bits per heavy atom. The number of alkyl halides is 2. The van der Waals surface area contributed by atoms with Crippen molar-refractivity contribution in [2.75, 3.05) is 26.8 Å². The number of halogens is 3. The number of ether oxygens (including phenoxy) is 3. The molecule has 2 aromatic rings. The minimum atomic E-state index is -3.07. The average molecular weight is 398 g/mol. The van der Waals surface area contributed by atoms with Gasteiger partial charge >= 0.3 is 6.61 Å². The fourth-order valence-electron chi connectivity index (χ4n) is 2.94. The summed E-state index contributed by atoms with van der Waals surface area (Å²) in [5.41, 5.74) is 0.901. The van der Waals surface area contributed by atoms with E-state index in [1.165, 1.54) is 19.2 Å². The summed E-state index contributed by atoms with van der Waals surface area (Å²) in [7, 11) is 1.33. The molecule has 144 valence electrons. The summed E-state index contributed by atoms with van der Waals surface area (Å²) in [6, 6.07) is 11.6. The Balaban J connectivity index is 1.84. The van der Waals surface area contributed by atoms with E-state index in [9.17, 15) is 13.6 Å². The number of hydrogen-bond acceptors (Lipinski definition) is 4. The zero-order valence-corrected chi connectivity index (χ0v) is 15.3. The molecule has 0 N–H and O–H groups in total. The minimum absolute atomic E-state index is 0.0198. The van der Waals surface area contributed by atoms with Crippen LogP contribution in [0.4, 0.5) is 8.78 Å². The Bertz CT molecular complexity index is 801. The Morgan fingerprint density at radius 3 is 2.67 bits per heavy atom. The molecule has 3 rings (SSSR count). The number of rotatable bonds is 5. The molecule has 1 unspecified atom stereocenters. The van der Waals surface area contributed by atoms with Crippen molar-refractivity contribution in [2.45, 2.75) is 12.7 Å². The molecule has 1 saturated heterocycles. The maximum Gasteiger partial charge on any atom is 0.387 e. The molecule has 0 aromatic heterocycles. The molecule has 5 nitrogen and oxygen atoms in total. The van der Waals surface area contributed by atoms with Gasteiger partial charge in [0.25, 0.3) is 5.91 Å². The first-order valence-electron chi connectivity index (χ1n) is 8.27. The van der Waals surface area contributed by atoms with Crippen molar-refractivity contribution >= 4 is 17.5 Å². The molecule has 1 amide bonds. The highest BCUT2D eigenvalue weighted by molar-refractivity contribution is 6.30. The van der Waals surface area contributed by atoms with E-state index in [0.717, 1.165) is 5.56 Å². The smallest absolute Gasteiger partial charge is 0.387 e. The van der Waals surface area contributed by atoms with E-state index in [-0.39, 0.29) is 29.7 Å². The molecular weight excluding hydrogens is 380 g/mol. The molecule has 1 aliphatic rings. The van der Waals surface area contributed by atoms with E-state index >= 15 is 0 Å². The van der Waals surface area contributed by atoms with Crippen LogP contribution in [0.5, 0.6) is 11.5 Å². The van der Waals surface area contributed by atoms with Gasteiger partial charge in [0.1, 0.15) is 6.10 Å². The first-order chi connectivity index (χ1) is 13.0. The van der Waals surface area contributed by atoms with Crippen molar-refractivity contribution in [2.24, 2.45) is 0 Å². The van der Waals surface area contributed by atoms with Crippen LogP contribution in [0.15, 0.2) is 42.5 Å². The second-order valence-corrected chi connectivity index (χ2v) is 6.31. The molecule has 0 bridgehead atoms. The molecule has 0 aliphatic carbocycles. The van der Waals surface area contributed by atoms with Crippen LogP contribution in [-0.4, -0.2) is 44.2 Å². The molecule has 1 aliphatic heterocycles. The van der Waals surface area contributed by atoms with Crippen molar-refractivity contribution in [3.63, 3.8) is 0 Å². The second-order valence-electron chi connectivity index (χ2n) is 5.88. The Hall–Kier alpha value is -2.38. The highest BCUT2D eigenvalue weighted by Gasteiger charge is 2.29. The largest absolute Gasteiger partial charge is 0.493 e. The van der Waals surface area contributed by atoms with E-state index in [2.05, 4.69) is 4.74 Å². The number of nitrogens with zero attached hydrogens (tertiary/aromatic N) is 1. The number of hydrogen-bond donors (Lipinski definition) is 0. The van der Waals surface area contributed by atoms with Crippen LogP contribution in [0.25, 0.3) is 0 Å². The zero-order valence-electron chi connectivity index (χ0n) is 14.5. The number of benzene rings is 2. The number of morpholine rings is 1. The normalized spacial score (nSPS) is 17.1. The summed E-state index contributed by atoms with van der Waals surface area (Å²) in [6.07, 6.45) is -0.329. The van der Waals surface area contributed by atoms with Crippen molar-refractivity contribution in [1.29, 1.82) is 0 Å². The second kappa shape index (κ2) is 8.54. The van der Waals surface area contributed by atoms with Gasteiger partial charge in [0.2, 0.25) is 0 Å². The Kier molecular flexibility index (Phi) is 6.13. The van der Waals surface area contributed by atoms with E-state index < -0.39 is 12.5 Å². The SMILES string of the molecule is COc1cccc(C(=O)N2CCOC(c3ccc(Cl)cc3)C2)c1OC(F)F. The molecule has 8 heteroatoms. The summed E-state index contributed by atoms with van der Waals surface area (Å²) in [4.78, 5) is 14.5. The van der Waals surface area contributed by atoms with Crippen molar-refractivity contribution in [3.8, 4) is 11.5 Å². The van der Waals surface area contributed by atoms with Gasteiger partial charge in [-0.3, -0.25) is 4.79 Å². The first-order valence-corrected chi connectivity index (χ1v) is 8.65. The number of carbonyl (C=O) groups is 1. The van der Waals surface area contributed by atoms with Crippen LogP contribution in [0, 0.1) is 0 Å². The van der Waals surface area contributed by atoms with Gasteiger partial charge < -0.3 is 19.1 Å². The number of carbonyl (C=O) groups excluding carboxylic acids is 1. The summed E-state index contributed by atoms with van der Waals surface area (Å²) in [6.45, 7) is -2.12. The predicted molar refractivity (Wildman–Crippen MR) is 95.7 cm³/mol. The predicted octanol–water partition coefficient (Wildman–Crippen LogP) is 4.16. The molecule has 1 heterocycles. The molecule has 0 saturated carbocycles. The third-order valence-corrected chi connectivity index (χ3v) is 4.48. The van der Waals surface area contributed by atoms with Gasteiger partial charge in [-0.1, -0.05) is 29.8 Å². The lowest BCUT2D eigenvalue weighted by molar-refractivity contribution is -0.0521. The first kappa shape index (κ1) is 19.4. The van der Waals surface area contributed by atoms with E-state index in [4.69, 9.17) is 21.1 Å². The van der Waals surface area contributed by atoms with Crippen LogP contribution in [0.1, 0.15) is 22.0 Å². The third kappa shape index (κ3) is 4.48. The molecule has 0 radical (unpaired) electrons. The standard InChI is InChI=1S/C19H18ClF2NO4/c1-25-15-4-2-3-14(17(15)27-19(21)22)18(24)23-9-10-26-16(11-23)12-5-7-13(20)8-6-12/h2-8,16,19H,9-11H2,1H3. The van der Waals surface area contributed by atoms with Crippen molar-refractivity contribution in [1.82, 2.24) is 4.90 Å². The zero-order chi connectivity index (χ0) is 19.4. The van der Waals surface area contributed by atoms with Crippen LogP contribution in [0.2, 0.25) is 5.02 Å². The summed E-state index contributed by atoms with van der Waals surface area (Å²) < 4.78 is 41.0. The monoisotopic (exact) mass is 397 g/mol. The summed E-state index contributed by atoms with van der Waals surface area (Å²) in [5.74, 6) is -0.620. The van der Waals surface area contributed by atoms with Crippen LogP contribution < -0.4 is 9.47 Å². The Morgan fingerprint density at radius 2 is 2.00 bits per heavy atom.